The van der Waals surface area contributed by atoms with E-state index in [2.05, 4.69) is 44.8 Å². The lowest BCUT2D eigenvalue weighted by Gasteiger charge is -2.11. The summed E-state index contributed by atoms with van der Waals surface area (Å²) in [5.74, 6) is 1.45. The van der Waals surface area contributed by atoms with Gasteiger partial charge in [0.15, 0.2) is 11.5 Å². The predicted molar refractivity (Wildman–Crippen MR) is 86.4 cm³/mol. The fraction of sp³-hybridized carbons (Fsp3) is 0.400. The summed E-state index contributed by atoms with van der Waals surface area (Å²) in [6, 6.07) is 2.76. The smallest absolute Gasteiger partial charge is 0.319 e. The zero-order valence-corrected chi connectivity index (χ0v) is 13.7. The van der Waals surface area contributed by atoms with Crippen molar-refractivity contribution in [2.24, 2.45) is 5.92 Å². The van der Waals surface area contributed by atoms with Crippen molar-refractivity contribution in [1.29, 1.82) is 0 Å². The number of nitrogens with one attached hydrogen (secondary N) is 2. The second-order valence-electron chi connectivity index (χ2n) is 5.95. The number of nitrogens with zero attached hydrogens (tertiary/aromatic N) is 5. The monoisotopic (exact) mass is 329 g/mol. The van der Waals surface area contributed by atoms with Crippen LogP contribution >= 0.6 is 0 Å². The first-order chi connectivity index (χ1) is 11.5. The molecule has 3 heterocycles. The topological polar surface area (TPSA) is 110 Å². The van der Waals surface area contributed by atoms with E-state index in [0.29, 0.717) is 29.0 Å². The van der Waals surface area contributed by atoms with Gasteiger partial charge in [0.05, 0.1) is 5.69 Å². The Bertz CT molecular complexity index is 839. The minimum atomic E-state index is -0.406. The largest absolute Gasteiger partial charge is 0.337 e. The third-order valence-electron chi connectivity index (χ3n) is 3.36. The molecule has 0 spiro atoms. The highest BCUT2D eigenvalue weighted by atomic mass is 16.5. The highest BCUT2D eigenvalue weighted by Gasteiger charge is 2.17. The van der Waals surface area contributed by atoms with Gasteiger partial charge in [0, 0.05) is 12.6 Å². The van der Waals surface area contributed by atoms with Gasteiger partial charge in [-0.3, -0.25) is 4.40 Å². The number of aromatic nitrogens is 5. The Morgan fingerprint density at radius 1 is 1.38 bits per heavy atom. The number of anilines is 1. The molecule has 0 saturated carbocycles. The highest BCUT2D eigenvalue weighted by molar-refractivity contribution is 5.93. The van der Waals surface area contributed by atoms with Crippen LogP contribution in [0.2, 0.25) is 0 Å². The Balaban J connectivity index is 1.64. The third-order valence-corrected chi connectivity index (χ3v) is 3.36. The Labute approximate surface area is 138 Å². The van der Waals surface area contributed by atoms with Crippen molar-refractivity contribution < 1.29 is 9.32 Å². The average Bonchev–Trinajstić information content (AvgIpc) is 3.15. The van der Waals surface area contributed by atoms with Crippen LogP contribution in [0.25, 0.3) is 5.65 Å². The van der Waals surface area contributed by atoms with Gasteiger partial charge in [-0.15, -0.1) is 10.2 Å². The van der Waals surface area contributed by atoms with E-state index >= 15 is 0 Å². The summed E-state index contributed by atoms with van der Waals surface area (Å²) in [7, 11) is 0. The first kappa shape index (κ1) is 15.9. The number of hydrogen-bond acceptors (Lipinski definition) is 6. The van der Waals surface area contributed by atoms with E-state index in [4.69, 9.17) is 4.52 Å². The lowest BCUT2D eigenvalue weighted by Crippen LogP contribution is -2.31. The van der Waals surface area contributed by atoms with Gasteiger partial charge in [0.2, 0.25) is 5.89 Å². The fourth-order valence-electron chi connectivity index (χ4n) is 2.26. The summed E-state index contributed by atoms with van der Waals surface area (Å²) >= 11 is 0. The first-order valence-corrected chi connectivity index (χ1v) is 7.71. The summed E-state index contributed by atoms with van der Waals surface area (Å²) in [6.07, 6.45) is 4.10. The van der Waals surface area contributed by atoms with Crippen LogP contribution in [0.3, 0.4) is 0 Å². The molecule has 24 heavy (non-hydrogen) atoms. The highest BCUT2D eigenvalue weighted by Crippen LogP contribution is 2.15. The molecule has 3 aromatic rings. The van der Waals surface area contributed by atoms with E-state index < -0.39 is 6.04 Å². The van der Waals surface area contributed by atoms with Crippen molar-refractivity contribution in [3.63, 3.8) is 0 Å². The number of urea groups is 1. The molecule has 0 aliphatic heterocycles. The van der Waals surface area contributed by atoms with Crippen LogP contribution in [0.5, 0.6) is 0 Å². The first-order valence-electron chi connectivity index (χ1n) is 7.71. The maximum absolute atomic E-state index is 12.2. The van der Waals surface area contributed by atoms with Crippen LogP contribution in [-0.4, -0.2) is 30.8 Å². The minimum absolute atomic E-state index is 0.376. The van der Waals surface area contributed by atoms with Crippen molar-refractivity contribution >= 4 is 17.4 Å². The molecule has 2 N–H and O–H groups in total. The number of pyridine rings is 1. The Kier molecular flexibility index (Phi) is 4.41. The molecule has 9 nitrogen and oxygen atoms in total. The van der Waals surface area contributed by atoms with Crippen LogP contribution in [0.15, 0.2) is 29.2 Å². The van der Waals surface area contributed by atoms with E-state index in [9.17, 15) is 4.79 Å². The van der Waals surface area contributed by atoms with E-state index in [1.165, 1.54) is 0 Å². The minimum Gasteiger partial charge on any atom is -0.337 e. The molecule has 1 atom stereocenters. The van der Waals surface area contributed by atoms with Crippen molar-refractivity contribution in [2.75, 3.05) is 5.32 Å². The van der Waals surface area contributed by atoms with E-state index in [1.54, 1.807) is 36.0 Å². The Morgan fingerprint density at radius 2 is 2.21 bits per heavy atom. The van der Waals surface area contributed by atoms with Crippen LogP contribution in [0.1, 0.15) is 38.5 Å². The molecule has 126 valence electrons. The average molecular weight is 329 g/mol. The van der Waals surface area contributed by atoms with Gasteiger partial charge in [0.25, 0.3) is 0 Å². The molecule has 1 unspecified atom stereocenters. The second kappa shape index (κ2) is 6.65. The number of fused-ring (bicyclic) bond motifs is 1. The molecule has 9 heteroatoms. The molecular formula is C15H19N7O2. The number of carbonyl (C=O) groups is 1. The summed E-state index contributed by atoms with van der Waals surface area (Å²) in [6.45, 7) is 5.94. The molecule has 3 aromatic heterocycles. The predicted octanol–water partition coefficient (Wildman–Crippen LogP) is 2.19. The Hall–Kier alpha value is -2.97. The fourth-order valence-corrected chi connectivity index (χ4v) is 2.26. The summed E-state index contributed by atoms with van der Waals surface area (Å²) in [4.78, 5) is 16.5. The van der Waals surface area contributed by atoms with Crippen LogP contribution in [-0.2, 0) is 6.42 Å². The number of rotatable bonds is 5. The van der Waals surface area contributed by atoms with Gasteiger partial charge < -0.3 is 15.2 Å². The van der Waals surface area contributed by atoms with Gasteiger partial charge in [-0.2, -0.15) is 4.98 Å². The zero-order valence-electron chi connectivity index (χ0n) is 13.7. The molecule has 0 aliphatic carbocycles. The van der Waals surface area contributed by atoms with Crippen LogP contribution in [0.4, 0.5) is 10.5 Å². The quantitative estimate of drug-likeness (QED) is 0.742. The maximum atomic E-state index is 12.2. The van der Waals surface area contributed by atoms with Gasteiger partial charge in [-0.05, 0) is 25.0 Å². The molecule has 0 radical (unpaired) electrons. The lowest BCUT2D eigenvalue weighted by atomic mass is 10.1. The van der Waals surface area contributed by atoms with Gasteiger partial charge >= 0.3 is 6.03 Å². The molecule has 0 bridgehead atoms. The number of carbonyl (C=O) groups excluding carboxylic acids is 1. The van der Waals surface area contributed by atoms with Gasteiger partial charge in [0.1, 0.15) is 12.4 Å². The van der Waals surface area contributed by atoms with Gasteiger partial charge in [-0.1, -0.05) is 19.0 Å². The number of amides is 2. The standard InChI is InChI=1S/C15H19N7O2/c1-9(2)7-12-19-14(24-21-12)10(3)17-15(23)18-11-5-4-6-22-8-16-20-13(11)22/h4-6,8-10H,7H2,1-3H3,(H2,17,18,23). The SMILES string of the molecule is CC(C)Cc1noc(C(C)NC(=O)Nc2cccn3cnnc23)n1. The number of hydrogen-bond donors (Lipinski definition) is 2. The van der Waals surface area contributed by atoms with Crippen LogP contribution < -0.4 is 10.6 Å². The van der Waals surface area contributed by atoms with Crippen molar-refractivity contribution in [3.05, 3.63) is 36.4 Å². The summed E-state index contributed by atoms with van der Waals surface area (Å²) in [5.41, 5.74) is 1.13. The Morgan fingerprint density at radius 3 is 3.00 bits per heavy atom. The molecule has 0 aromatic carbocycles. The second-order valence-corrected chi connectivity index (χ2v) is 5.95. The zero-order chi connectivity index (χ0) is 17.1. The van der Waals surface area contributed by atoms with Crippen molar-refractivity contribution in [2.45, 2.75) is 33.2 Å². The summed E-state index contributed by atoms with van der Waals surface area (Å²) < 4.78 is 6.92. The molecule has 3 rings (SSSR count). The molecule has 0 saturated heterocycles. The van der Waals surface area contributed by atoms with E-state index in [1.807, 2.05) is 0 Å². The maximum Gasteiger partial charge on any atom is 0.319 e. The van der Waals surface area contributed by atoms with Crippen molar-refractivity contribution in [3.8, 4) is 0 Å². The summed E-state index contributed by atoms with van der Waals surface area (Å²) in [5, 5.41) is 17.2. The lowest BCUT2D eigenvalue weighted by molar-refractivity contribution is 0.245. The van der Waals surface area contributed by atoms with Gasteiger partial charge in [-0.25, -0.2) is 4.79 Å². The van der Waals surface area contributed by atoms with E-state index in [-0.39, 0.29) is 6.03 Å². The van der Waals surface area contributed by atoms with Crippen LogP contribution in [0, 0.1) is 5.92 Å². The van der Waals surface area contributed by atoms with Crippen molar-refractivity contribution in [1.82, 2.24) is 30.1 Å². The van der Waals surface area contributed by atoms with E-state index in [0.717, 1.165) is 6.42 Å². The third kappa shape index (κ3) is 3.50. The molecule has 2 amide bonds. The normalized spacial score (nSPS) is 12.5. The molecular weight excluding hydrogens is 310 g/mol. The molecule has 0 fully saturated rings. The molecule has 0 aliphatic rings.